The minimum Gasteiger partial charge on any atom is -0.377 e. The Hall–Kier alpha value is -1.32. The van der Waals surface area contributed by atoms with Gasteiger partial charge in [-0.1, -0.05) is 23.2 Å². The molecule has 0 fully saturated rings. The first kappa shape index (κ1) is 14.1. The third-order valence-electron chi connectivity index (χ3n) is 2.92. The number of hydrogen-bond donors (Lipinski definition) is 1. The summed E-state index contributed by atoms with van der Waals surface area (Å²) < 4.78 is 13.5. The van der Waals surface area contributed by atoms with Crippen molar-refractivity contribution in [3.63, 3.8) is 0 Å². The van der Waals surface area contributed by atoms with Gasteiger partial charge in [0, 0.05) is 11.2 Å². The van der Waals surface area contributed by atoms with Crippen molar-refractivity contribution in [3.8, 4) is 0 Å². The van der Waals surface area contributed by atoms with Gasteiger partial charge in [-0.05, 0) is 43.2 Å². The Morgan fingerprint density at radius 2 is 2.00 bits per heavy atom. The topological polar surface area (TPSA) is 24.9 Å². The summed E-state index contributed by atoms with van der Waals surface area (Å²) in [6.45, 7) is 3.88. The second-order valence-corrected chi connectivity index (χ2v) is 5.16. The van der Waals surface area contributed by atoms with Gasteiger partial charge in [-0.15, -0.1) is 0 Å². The molecule has 0 radical (unpaired) electrons. The van der Waals surface area contributed by atoms with Gasteiger partial charge in [0.05, 0.1) is 22.9 Å². The molecule has 1 aromatic heterocycles. The van der Waals surface area contributed by atoms with Crippen molar-refractivity contribution in [2.45, 2.75) is 19.9 Å². The third-order valence-corrected chi connectivity index (χ3v) is 3.53. The molecule has 0 amide bonds. The molecule has 0 aliphatic heterocycles. The van der Waals surface area contributed by atoms with Crippen LogP contribution in [0.1, 0.15) is 24.1 Å². The highest BCUT2D eigenvalue weighted by molar-refractivity contribution is 6.35. The molecule has 2 nitrogen and oxygen atoms in total. The second-order valence-electron chi connectivity index (χ2n) is 4.34. The van der Waals surface area contributed by atoms with Gasteiger partial charge in [-0.2, -0.15) is 0 Å². The molecule has 0 aliphatic rings. The molecule has 0 saturated carbocycles. The van der Waals surface area contributed by atoms with Crippen molar-refractivity contribution in [1.82, 2.24) is 4.98 Å². The number of aromatic nitrogens is 1. The maximum Gasteiger partial charge on any atom is 0.142 e. The number of benzene rings is 1. The van der Waals surface area contributed by atoms with Crippen LogP contribution < -0.4 is 5.32 Å². The van der Waals surface area contributed by atoms with Crippen LogP contribution in [0.15, 0.2) is 30.6 Å². The van der Waals surface area contributed by atoms with E-state index in [1.54, 1.807) is 12.4 Å². The Bertz CT molecular complexity index is 602. The van der Waals surface area contributed by atoms with Gasteiger partial charge in [0.2, 0.25) is 0 Å². The van der Waals surface area contributed by atoms with Crippen LogP contribution in [0.4, 0.5) is 10.1 Å². The van der Waals surface area contributed by atoms with Crippen LogP contribution in [-0.4, -0.2) is 4.98 Å². The van der Waals surface area contributed by atoms with E-state index in [0.717, 1.165) is 11.3 Å². The monoisotopic (exact) mass is 298 g/mol. The highest BCUT2D eigenvalue weighted by Gasteiger charge is 2.14. The van der Waals surface area contributed by atoms with E-state index in [1.165, 1.54) is 12.1 Å². The molecule has 1 aromatic carbocycles. The zero-order valence-electron chi connectivity index (χ0n) is 10.5. The van der Waals surface area contributed by atoms with E-state index in [-0.39, 0.29) is 11.1 Å². The predicted molar refractivity (Wildman–Crippen MR) is 77.4 cm³/mol. The number of aryl methyl sites for hydroxylation is 1. The highest BCUT2D eigenvalue weighted by Crippen LogP contribution is 2.30. The smallest absolute Gasteiger partial charge is 0.142 e. The van der Waals surface area contributed by atoms with E-state index in [4.69, 9.17) is 23.2 Å². The number of pyridine rings is 1. The molecule has 19 heavy (non-hydrogen) atoms. The van der Waals surface area contributed by atoms with E-state index in [0.29, 0.717) is 10.6 Å². The van der Waals surface area contributed by atoms with E-state index in [2.05, 4.69) is 10.3 Å². The van der Waals surface area contributed by atoms with Crippen LogP contribution in [-0.2, 0) is 0 Å². The Balaban J connectivity index is 2.28. The molecular weight excluding hydrogens is 286 g/mol. The summed E-state index contributed by atoms with van der Waals surface area (Å²) in [5, 5.41) is 3.72. The standard InChI is InChI=1S/C14H13Cl2FN2/c1-8-3-4-18-7-14(8)19-9(2)10-5-13(17)12(16)6-11(10)15/h3-7,9,19H,1-2H3. The Morgan fingerprint density at radius 3 is 2.68 bits per heavy atom. The average molecular weight is 299 g/mol. The maximum absolute atomic E-state index is 13.5. The number of rotatable bonds is 3. The fourth-order valence-electron chi connectivity index (χ4n) is 1.80. The summed E-state index contributed by atoms with van der Waals surface area (Å²) in [6.07, 6.45) is 3.45. The molecule has 0 saturated heterocycles. The number of nitrogens with one attached hydrogen (secondary N) is 1. The molecule has 2 rings (SSSR count). The van der Waals surface area contributed by atoms with E-state index >= 15 is 0 Å². The molecule has 1 N–H and O–H groups in total. The van der Waals surface area contributed by atoms with Gasteiger partial charge in [-0.3, -0.25) is 4.98 Å². The van der Waals surface area contributed by atoms with Gasteiger partial charge >= 0.3 is 0 Å². The number of halogens is 3. The highest BCUT2D eigenvalue weighted by atomic mass is 35.5. The summed E-state index contributed by atoms with van der Waals surface area (Å²) in [6, 6.07) is 4.53. The van der Waals surface area contributed by atoms with Crippen molar-refractivity contribution in [2.24, 2.45) is 0 Å². The SMILES string of the molecule is Cc1ccncc1NC(C)c1cc(F)c(Cl)cc1Cl. The minimum atomic E-state index is -0.474. The Kier molecular flexibility index (Phi) is 4.27. The van der Waals surface area contributed by atoms with Crippen LogP contribution in [0.3, 0.4) is 0 Å². The summed E-state index contributed by atoms with van der Waals surface area (Å²) in [4.78, 5) is 4.06. The fraction of sp³-hybridized carbons (Fsp3) is 0.214. The Labute approximate surface area is 121 Å². The first-order valence-corrected chi connectivity index (χ1v) is 6.56. The van der Waals surface area contributed by atoms with E-state index < -0.39 is 5.82 Å². The third kappa shape index (κ3) is 3.17. The van der Waals surface area contributed by atoms with Crippen LogP contribution in [0, 0.1) is 12.7 Å². The van der Waals surface area contributed by atoms with Crippen LogP contribution in [0.2, 0.25) is 10.0 Å². The van der Waals surface area contributed by atoms with Crippen molar-refractivity contribution in [3.05, 3.63) is 57.6 Å². The molecule has 0 bridgehead atoms. The predicted octanol–water partition coefficient (Wildman–Crippen LogP) is 5.01. The van der Waals surface area contributed by atoms with Gasteiger partial charge in [0.15, 0.2) is 0 Å². The summed E-state index contributed by atoms with van der Waals surface area (Å²) in [5.41, 5.74) is 2.61. The molecular formula is C14H13Cl2FN2. The van der Waals surface area contributed by atoms with Crippen LogP contribution in [0.5, 0.6) is 0 Å². The second kappa shape index (κ2) is 5.76. The van der Waals surface area contributed by atoms with Gasteiger partial charge in [0.1, 0.15) is 5.82 Å². The van der Waals surface area contributed by atoms with Crippen molar-refractivity contribution >= 4 is 28.9 Å². The largest absolute Gasteiger partial charge is 0.377 e. The molecule has 1 unspecified atom stereocenters. The minimum absolute atomic E-state index is 0.0264. The van der Waals surface area contributed by atoms with Gasteiger partial charge in [0.25, 0.3) is 0 Å². The lowest BCUT2D eigenvalue weighted by molar-refractivity contribution is 0.624. The quantitative estimate of drug-likeness (QED) is 0.806. The molecule has 100 valence electrons. The first-order chi connectivity index (χ1) is 8.99. The van der Waals surface area contributed by atoms with Crippen molar-refractivity contribution in [1.29, 1.82) is 0 Å². The lowest BCUT2D eigenvalue weighted by Crippen LogP contribution is -2.09. The number of nitrogens with zero attached hydrogens (tertiary/aromatic N) is 1. The van der Waals surface area contributed by atoms with Crippen molar-refractivity contribution in [2.75, 3.05) is 5.32 Å². The molecule has 5 heteroatoms. The van der Waals surface area contributed by atoms with Crippen LogP contribution >= 0.6 is 23.2 Å². The molecule has 1 atom stereocenters. The fourth-order valence-corrected chi connectivity index (χ4v) is 2.34. The molecule has 2 aromatic rings. The maximum atomic E-state index is 13.5. The summed E-state index contributed by atoms with van der Waals surface area (Å²) in [5.74, 6) is -0.474. The molecule has 0 aliphatic carbocycles. The Morgan fingerprint density at radius 1 is 1.26 bits per heavy atom. The van der Waals surface area contributed by atoms with Crippen LogP contribution in [0.25, 0.3) is 0 Å². The normalized spacial score (nSPS) is 12.3. The lowest BCUT2D eigenvalue weighted by Gasteiger charge is -2.18. The average Bonchev–Trinajstić information content (AvgIpc) is 2.36. The number of hydrogen-bond acceptors (Lipinski definition) is 2. The zero-order chi connectivity index (χ0) is 14.0. The number of anilines is 1. The van der Waals surface area contributed by atoms with Gasteiger partial charge in [-0.25, -0.2) is 4.39 Å². The first-order valence-electron chi connectivity index (χ1n) is 5.80. The summed E-state index contributed by atoms with van der Waals surface area (Å²) in [7, 11) is 0. The molecule has 1 heterocycles. The summed E-state index contributed by atoms with van der Waals surface area (Å²) >= 11 is 11.8. The van der Waals surface area contributed by atoms with E-state index in [9.17, 15) is 4.39 Å². The van der Waals surface area contributed by atoms with E-state index in [1.807, 2.05) is 19.9 Å². The zero-order valence-corrected chi connectivity index (χ0v) is 12.1. The van der Waals surface area contributed by atoms with Crippen molar-refractivity contribution < 1.29 is 4.39 Å². The lowest BCUT2D eigenvalue weighted by atomic mass is 10.1. The molecule has 0 spiro atoms. The van der Waals surface area contributed by atoms with Gasteiger partial charge < -0.3 is 5.32 Å².